The molecule has 4 aromatic rings. The summed E-state index contributed by atoms with van der Waals surface area (Å²) in [6, 6.07) is 5.27. The first-order valence-electron chi connectivity index (χ1n) is 13.1. The lowest BCUT2D eigenvalue weighted by Gasteiger charge is -2.24. The van der Waals surface area contributed by atoms with E-state index in [4.69, 9.17) is 25.8 Å². The number of anilines is 1. The Bertz CT molecular complexity index is 1600. The predicted octanol–water partition coefficient (Wildman–Crippen LogP) is 3.84. The number of hydrogen-bond donors (Lipinski definition) is 1. The summed E-state index contributed by atoms with van der Waals surface area (Å²) < 4.78 is 51.2. The van der Waals surface area contributed by atoms with E-state index in [9.17, 15) is 8.42 Å². The molecule has 0 saturated heterocycles. The van der Waals surface area contributed by atoms with Crippen LogP contribution in [0, 0.1) is 0 Å². The fourth-order valence-electron chi connectivity index (χ4n) is 4.76. The molecule has 0 bridgehead atoms. The van der Waals surface area contributed by atoms with Crippen LogP contribution < -0.4 is 14.2 Å². The highest BCUT2D eigenvalue weighted by Crippen LogP contribution is 2.39. The van der Waals surface area contributed by atoms with E-state index in [0.717, 1.165) is 30.6 Å². The highest BCUT2D eigenvalue weighted by atomic mass is 35.5. The van der Waals surface area contributed by atoms with Crippen LogP contribution in [0.2, 0.25) is 5.02 Å². The summed E-state index contributed by atoms with van der Waals surface area (Å²) in [7, 11) is -1.11. The lowest BCUT2D eigenvalue weighted by molar-refractivity contribution is 0.0466. The normalized spacial score (nSPS) is 14.5. The zero-order chi connectivity index (χ0) is 29.1. The number of halogens is 1. The second-order valence-electron chi connectivity index (χ2n) is 9.43. The van der Waals surface area contributed by atoms with Crippen LogP contribution in [-0.2, 0) is 27.7 Å². The Morgan fingerprint density at radius 2 is 1.80 bits per heavy atom. The summed E-state index contributed by atoms with van der Waals surface area (Å²) in [4.78, 5) is 8.44. The van der Waals surface area contributed by atoms with Gasteiger partial charge in [-0.3, -0.25) is 14.0 Å². The molecule has 41 heavy (non-hydrogen) atoms. The van der Waals surface area contributed by atoms with Gasteiger partial charge >= 0.3 is 0 Å². The highest BCUT2D eigenvalue weighted by molar-refractivity contribution is 7.93. The third-order valence-corrected chi connectivity index (χ3v) is 8.70. The van der Waals surface area contributed by atoms with Crippen LogP contribution in [0.15, 0.2) is 36.8 Å². The number of ether oxygens (including phenoxy) is 3. The molecule has 0 saturated carbocycles. The highest BCUT2D eigenvalue weighted by Gasteiger charge is 2.36. The van der Waals surface area contributed by atoms with Gasteiger partial charge in [-0.2, -0.15) is 5.10 Å². The molecule has 0 radical (unpaired) electrons. The predicted molar refractivity (Wildman–Crippen MR) is 152 cm³/mol. The first-order chi connectivity index (χ1) is 19.8. The molecule has 0 fully saturated rings. The molecule has 13 nitrogen and oxygen atoms in total. The van der Waals surface area contributed by atoms with Gasteiger partial charge in [-0.15, -0.1) is 10.2 Å². The molecule has 15 heteroatoms. The Kier molecular flexibility index (Phi) is 8.42. The fourth-order valence-corrected chi connectivity index (χ4v) is 5.95. The summed E-state index contributed by atoms with van der Waals surface area (Å²) in [5.41, 5.74) is 2.16. The molecule has 218 valence electrons. The number of benzene rings is 1. The molecule has 0 aliphatic carbocycles. The third-order valence-electron chi connectivity index (χ3n) is 6.81. The summed E-state index contributed by atoms with van der Waals surface area (Å²) in [6.45, 7) is 4.55. The maximum Gasteiger partial charge on any atom is 0.243 e. The summed E-state index contributed by atoms with van der Waals surface area (Å²) in [6.07, 6.45) is 5.97. The Morgan fingerprint density at radius 3 is 2.46 bits per heavy atom. The van der Waals surface area contributed by atoms with Crippen molar-refractivity contribution in [2.24, 2.45) is 0 Å². The van der Waals surface area contributed by atoms with E-state index >= 15 is 0 Å². The van der Waals surface area contributed by atoms with Gasteiger partial charge in [0.1, 0.15) is 28.5 Å². The van der Waals surface area contributed by atoms with Crippen molar-refractivity contribution in [2.45, 2.75) is 51.0 Å². The first kappa shape index (κ1) is 28.8. The Morgan fingerprint density at radius 1 is 1.10 bits per heavy atom. The van der Waals surface area contributed by atoms with E-state index in [0.29, 0.717) is 41.1 Å². The molecule has 3 aromatic heterocycles. The van der Waals surface area contributed by atoms with Crippen molar-refractivity contribution in [1.29, 1.82) is 0 Å². The quantitative estimate of drug-likeness (QED) is 0.253. The van der Waals surface area contributed by atoms with Crippen LogP contribution in [-0.4, -0.2) is 69.0 Å². The molecule has 1 aromatic carbocycles. The smallest absolute Gasteiger partial charge is 0.243 e. The molecule has 1 aliphatic rings. The standard InChI is InChI=1S/C26H31ClN8O5S/c1-5-12-40-23(24-28-13-17(27)14-29-24)16(2)41(36,37)33-26-32-31-25(18-15-30-34-11-7-8-19(18)34)35(26)22-20(38-3)9-6-10-21(22)39-4/h6,9-10,13-16,23H,5,7-8,11-12H2,1-4H3,(H,32,33)/t16-,23+/m0/s1. The Hall–Kier alpha value is -3.75. The summed E-state index contributed by atoms with van der Waals surface area (Å²) >= 11 is 5.96. The van der Waals surface area contributed by atoms with Crippen molar-refractivity contribution in [3.05, 3.63) is 53.3 Å². The minimum Gasteiger partial charge on any atom is -0.494 e. The zero-order valence-electron chi connectivity index (χ0n) is 23.1. The monoisotopic (exact) mass is 602 g/mol. The SMILES string of the molecule is CCCO[C@@H](c1ncc(Cl)cn1)[C@H](C)S(=O)(=O)Nc1nnc(-c2cnn3c2CCC3)n1-c1c(OC)cccc1OC. The van der Waals surface area contributed by atoms with E-state index in [1.807, 2.05) is 11.6 Å². The number of para-hydroxylation sites is 1. The number of hydrogen-bond acceptors (Lipinski definition) is 10. The van der Waals surface area contributed by atoms with Gasteiger partial charge in [0.15, 0.2) is 11.6 Å². The summed E-state index contributed by atoms with van der Waals surface area (Å²) in [5.74, 6) is 1.40. The molecule has 2 atom stereocenters. The van der Waals surface area contributed by atoms with E-state index < -0.39 is 21.4 Å². The number of rotatable bonds is 12. The van der Waals surface area contributed by atoms with Crippen LogP contribution in [0.4, 0.5) is 5.95 Å². The average molecular weight is 603 g/mol. The minimum atomic E-state index is -4.15. The van der Waals surface area contributed by atoms with Crippen molar-refractivity contribution >= 4 is 27.6 Å². The van der Waals surface area contributed by atoms with Crippen LogP contribution in [0.3, 0.4) is 0 Å². The van der Waals surface area contributed by atoms with Crippen LogP contribution in [0.1, 0.15) is 44.3 Å². The second kappa shape index (κ2) is 12.0. The topological polar surface area (TPSA) is 148 Å². The molecule has 0 amide bonds. The van der Waals surface area contributed by atoms with Crippen LogP contribution >= 0.6 is 11.6 Å². The largest absolute Gasteiger partial charge is 0.494 e. The van der Waals surface area contributed by atoms with Crippen molar-refractivity contribution in [2.75, 3.05) is 25.5 Å². The van der Waals surface area contributed by atoms with Crippen molar-refractivity contribution in [3.8, 4) is 28.6 Å². The number of nitrogens with one attached hydrogen (secondary N) is 1. The summed E-state index contributed by atoms with van der Waals surface area (Å²) in [5, 5.41) is 12.4. The van der Waals surface area contributed by atoms with E-state index in [1.54, 1.807) is 29.0 Å². The number of fused-ring (bicyclic) bond motifs is 1. The lowest BCUT2D eigenvalue weighted by Crippen LogP contribution is -2.34. The average Bonchev–Trinajstić information content (AvgIpc) is 3.70. The maximum absolute atomic E-state index is 13.9. The van der Waals surface area contributed by atoms with Gasteiger partial charge in [-0.1, -0.05) is 24.6 Å². The van der Waals surface area contributed by atoms with Gasteiger partial charge < -0.3 is 14.2 Å². The molecule has 0 spiro atoms. The number of methoxy groups -OCH3 is 2. The van der Waals surface area contributed by atoms with Gasteiger partial charge in [-0.25, -0.2) is 18.4 Å². The van der Waals surface area contributed by atoms with Crippen LogP contribution in [0.25, 0.3) is 17.1 Å². The zero-order valence-corrected chi connectivity index (χ0v) is 24.7. The maximum atomic E-state index is 13.9. The van der Waals surface area contributed by atoms with Crippen molar-refractivity contribution < 1.29 is 22.6 Å². The molecular formula is C26H31ClN8O5S. The van der Waals surface area contributed by atoms with Gasteiger partial charge in [0, 0.05) is 31.2 Å². The van der Waals surface area contributed by atoms with E-state index in [1.165, 1.54) is 33.5 Å². The van der Waals surface area contributed by atoms with Gasteiger partial charge in [0.2, 0.25) is 16.0 Å². The lowest BCUT2D eigenvalue weighted by atomic mass is 10.1. The second-order valence-corrected chi connectivity index (χ2v) is 11.9. The van der Waals surface area contributed by atoms with Gasteiger partial charge in [-0.05, 0) is 38.3 Å². The molecule has 1 N–H and O–H groups in total. The molecule has 1 aliphatic heterocycles. The molecule has 5 rings (SSSR count). The van der Waals surface area contributed by atoms with Crippen molar-refractivity contribution in [1.82, 2.24) is 34.5 Å². The molecule has 0 unspecified atom stereocenters. The molecule has 4 heterocycles. The minimum absolute atomic E-state index is 0.0566. The van der Waals surface area contributed by atoms with E-state index in [-0.39, 0.29) is 11.8 Å². The molecular weight excluding hydrogens is 572 g/mol. The number of aromatic nitrogens is 7. The number of aryl methyl sites for hydroxylation is 1. The van der Waals surface area contributed by atoms with Gasteiger partial charge in [0.25, 0.3) is 0 Å². The van der Waals surface area contributed by atoms with Crippen molar-refractivity contribution in [3.63, 3.8) is 0 Å². The van der Waals surface area contributed by atoms with E-state index in [2.05, 4.69) is 30.0 Å². The van der Waals surface area contributed by atoms with Crippen LogP contribution in [0.5, 0.6) is 11.5 Å². The van der Waals surface area contributed by atoms with Gasteiger partial charge in [0.05, 0.1) is 31.0 Å². The first-order valence-corrected chi connectivity index (χ1v) is 15.0. The third kappa shape index (κ3) is 5.59. The fraction of sp³-hybridized carbons (Fsp3) is 0.423. The number of nitrogens with zero attached hydrogens (tertiary/aromatic N) is 7. The Labute approximate surface area is 242 Å². The number of sulfonamides is 1. The Balaban J connectivity index is 1.61.